The molecule has 0 aliphatic carbocycles. The molecule has 0 aliphatic rings. The highest BCUT2D eigenvalue weighted by Gasteiger charge is 2.22. The number of hydrogen-bond donors (Lipinski definition) is 1. The third-order valence-corrected chi connectivity index (χ3v) is 5.34. The second kappa shape index (κ2) is 7.55. The Morgan fingerprint density at radius 1 is 1.08 bits per heavy atom. The van der Waals surface area contributed by atoms with Gasteiger partial charge in [0.15, 0.2) is 0 Å². The molecule has 0 saturated carbocycles. The van der Waals surface area contributed by atoms with Gasteiger partial charge in [-0.2, -0.15) is 0 Å². The minimum absolute atomic E-state index is 0.0840. The van der Waals surface area contributed by atoms with Gasteiger partial charge in [0.05, 0.1) is 4.90 Å². The minimum Gasteiger partial charge on any atom is -0.337 e. The van der Waals surface area contributed by atoms with Crippen molar-refractivity contribution >= 4 is 15.9 Å². The van der Waals surface area contributed by atoms with Gasteiger partial charge in [-0.1, -0.05) is 18.2 Å². The van der Waals surface area contributed by atoms with E-state index in [1.54, 1.807) is 46.0 Å². The molecule has 7 heteroatoms. The lowest BCUT2D eigenvalue weighted by molar-refractivity contribution is 0.0783. The number of amides is 1. The van der Waals surface area contributed by atoms with E-state index in [-0.39, 0.29) is 23.2 Å². The van der Waals surface area contributed by atoms with Crippen molar-refractivity contribution in [3.63, 3.8) is 0 Å². The van der Waals surface area contributed by atoms with Crippen LogP contribution in [0.3, 0.4) is 0 Å². The first-order chi connectivity index (χ1) is 12.0. The third-order valence-electron chi connectivity index (χ3n) is 3.56. The Balaban J connectivity index is 2.15. The first-order valence-corrected chi connectivity index (χ1v) is 9.61. The monoisotopic (exact) mass is 378 g/mol. The topological polar surface area (TPSA) is 66.5 Å². The summed E-state index contributed by atoms with van der Waals surface area (Å²) in [5.74, 6) is -0.692. The van der Waals surface area contributed by atoms with Crippen LogP contribution in [-0.2, 0) is 16.6 Å². The fourth-order valence-electron chi connectivity index (χ4n) is 2.41. The van der Waals surface area contributed by atoms with Gasteiger partial charge in [-0.3, -0.25) is 4.79 Å². The molecule has 0 unspecified atom stereocenters. The molecule has 0 radical (unpaired) electrons. The lowest BCUT2D eigenvalue weighted by Crippen LogP contribution is -2.40. The maximum Gasteiger partial charge on any atom is 0.253 e. The van der Waals surface area contributed by atoms with Crippen LogP contribution in [0.5, 0.6) is 0 Å². The van der Waals surface area contributed by atoms with Gasteiger partial charge in [0, 0.05) is 30.3 Å². The Hall–Kier alpha value is -2.25. The zero-order valence-corrected chi connectivity index (χ0v) is 16.1. The van der Waals surface area contributed by atoms with Gasteiger partial charge in [-0.05, 0) is 51.1 Å². The maximum absolute atomic E-state index is 13.7. The fourth-order valence-corrected chi connectivity index (χ4v) is 3.83. The second-order valence-corrected chi connectivity index (χ2v) is 8.81. The molecule has 0 heterocycles. The van der Waals surface area contributed by atoms with Crippen LogP contribution in [-0.4, -0.2) is 31.8 Å². The van der Waals surface area contributed by atoms with E-state index in [1.165, 1.54) is 35.2 Å². The van der Waals surface area contributed by atoms with Crippen molar-refractivity contribution in [2.24, 2.45) is 0 Å². The van der Waals surface area contributed by atoms with Gasteiger partial charge >= 0.3 is 0 Å². The van der Waals surface area contributed by atoms with Crippen LogP contribution in [0, 0.1) is 5.82 Å². The molecule has 0 fully saturated rings. The Kier molecular flexibility index (Phi) is 5.83. The number of hydrogen-bond acceptors (Lipinski definition) is 3. The van der Waals surface area contributed by atoms with Gasteiger partial charge in [0.25, 0.3) is 5.91 Å². The Morgan fingerprint density at radius 3 is 2.19 bits per heavy atom. The van der Waals surface area contributed by atoms with Crippen LogP contribution in [0.25, 0.3) is 0 Å². The van der Waals surface area contributed by atoms with E-state index in [0.29, 0.717) is 11.1 Å². The van der Waals surface area contributed by atoms with E-state index >= 15 is 0 Å². The van der Waals surface area contributed by atoms with Gasteiger partial charge in [-0.15, -0.1) is 0 Å². The van der Waals surface area contributed by atoms with Crippen LogP contribution >= 0.6 is 0 Å². The molecule has 0 saturated heterocycles. The zero-order valence-electron chi connectivity index (χ0n) is 15.3. The molecule has 0 aromatic heterocycles. The molecular weight excluding hydrogens is 355 g/mol. The van der Waals surface area contributed by atoms with Crippen molar-refractivity contribution in [1.82, 2.24) is 9.62 Å². The van der Waals surface area contributed by atoms with Crippen LogP contribution in [0.1, 0.15) is 36.7 Å². The summed E-state index contributed by atoms with van der Waals surface area (Å²) in [5.41, 5.74) is 0.142. The zero-order chi connectivity index (χ0) is 19.5. The van der Waals surface area contributed by atoms with Crippen molar-refractivity contribution < 1.29 is 17.6 Å². The molecule has 1 N–H and O–H groups in total. The average molecular weight is 378 g/mol. The summed E-state index contributed by atoms with van der Waals surface area (Å²) >= 11 is 0. The van der Waals surface area contributed by atoms with E-state index in [1.807, 2.05) is 0 Å². The largest absolute Gasteiger partial charge is 0.337 e. The van der Waals surface area contributed by atoms with Crippen LogP contribution in [0.4, 0.5) is 4.39 Å². The lowest BCUT2D eigenvalue weighted by Gasteiger charge is -2.21. The highest BCUT2D eigenvalue weighted by molar-refractivity contribution is 7.89. The molecule has 0 aliphatic heterocycles. The Labute approximate surface area is 153 Å². The smallest absolute Gasteiger partial charge is 0.253 e. The van der Waals surface area contributed by atoms with Gasteiger partial charge < -0.3 is 4.90 Å². The number of carbonyl (C=O) groups is 1. The van der Waals surface area contributed by atoms with E-state index in [2.05, 4.69) is 4.72 Å². The third kappa shape index (κ3) is 5.12. The number of nitrogens with one attached hydrogen (secondary N) is 1. The highest BCUT2D eigenvalue weighted by Crippen LogP contribution is 2.16. The maximum atomic E-state index is 13.7. The molecule has 2 aromatic rings. The summed E-state index contributed by atoms with van der Waals surface area (Å²) in [5, 5.41) is 0. The van der Waals surface area contributed by atoms with Gasteiger partial charge in [-0.25, -0.2) is 17.5 Å². The molecule has 0 atom stereocenters. The lowest BCUT2D eigenvalue weighted by atomic mass is 10.1. The first kappa shape index (κ1) is 20.1. The van der Waals surface area contributed by atoms with Gasteiger partial charge in [0.2, 0.25) is 10.0 Å². The molecule has 1 amide bonds. The van der Waals surface area contributed by atoms with Crippen molar-refractivity contribution in [2.75, 3.05) is 7.05 Å². The van der Waals surface area contributed by atoms with E-state index in [9.17, 15) is 17.6 Å². The summed E-state index contributed by atoms with van der Waals surface area (Å²) < 4.78 is 40.9. The quantitative estimate of drug-likeness (QED) is 0.869. The Bertz CT molecular complexity index is 888. The predicted octanol–water partition coefficient (Wildman–Crippen LogP) is 3.17. The molecule has 26 heavy (non-hydrogen) atoms. The molecule has 0 bridgehead atoms. The normalized spacial score (nSPS) is 12.0. The molecule has 0 spiro atoms. The van der Waals surface area contributed by atoms with Crippen LogP contribution < -0.4 is 4.72 Å². The summed E-state index contributed by atoms with van der Waals surface area (Å²) in [7, 11) is -2.09. The van der Waals surface area contributed by atoms with Crippen molar-refractivity contribution in [3.8, 4) is 0 Å². The number of carbonyl (C=O) groups excluding carboxylic acids is 1. The van der Waals surface area contributed by atoms with E-state index < -0.39 is 15.6 Å². The second-order valence-electron chi connectivity index (χ2n) is 7.13. The standard InChI is InChI=1S/C19H23FN2O3S/c1-19(2,3)21-26(24,25)16-11-9-14(10-12-16)18(23)22(4)13-15-7-5-6-8-17(15)20/h5-12,21H,13H2,1-4H3. The average Bonchev–Trinajstić information content (AvgIpc) is 2.54. The molecule has 2 aromatic carbocycles. The first-order valence-electron chi connectivity index (χ1n) is 8.12. The van der Waals surface area contributed by atoms with E-state index in [4.69, 9.17) is 0 Å². The van der Waals surface area contributed by atoms with Crippen LogP contribution in [0.2, 0.25) is 0 Å². The number of halogens is 1. The molecular formula is C19H23FN2O3S. The molecule has 140 valence electrons. The molecule has 5 nitrogen and oxygen atoms in total. The van der Waals surface area contributed by atoms with Crippen molar-refractivity contribution in [2.45, 2.75) is 37.8 Å². The minimum atomic E-state index is -3.66. The van der Waals surface area contributed by atoms with Crippen molar-refractivity contribution in [1.29, 1.82) is 0 Å². The number of nitrogens with zero attached hydrogens (tertiary/aromatic N) is 1. The summed E-state index contributed by atoms with van der Waals surface area (Å²) in [6, 6.07) is 11.9. The fraction of sp³-hybridized carbons (Fsp3) is 0.316. The summed E-state index contributed by atoms with van der Waals surface area (Å²) in [4.78, 5) is 14.0. The highest BCUT2D eigenvalue weighted by atomic mass is 32.2. The van der Waals surface area contributed by atoms with Crippen molar-refractivity contribution in [3.05, 3.63) is 65.5 Å². The molecule has 2 rings (SSSR count). The Morgan fingerprint density at radius 2 is 1.65 bits per heavy atom. The van der Waals surface area contributed by atoms with Gasteiger partial charge in [0.1, 0.15) is 5.82 Å². The number of benzene rings is 2. The van der Waals surface area contributed by atoms with E-state index in [0.717, 1.165) is 0 Å². The number of sulfonamides is 1. The predicted molar refractivity (Wildman–Crippen MR) is 98.7 cm³/mol. The SMILES string of the molecule is CN(Cc1ccccc1F)C(=O)c1ccc(S(=O)(=O)NC(C)(C)C)cc1. The summed E-state index contributed by atoms with van der Waals surface area (Å²) in [6.07, 6.45) is 0. The summed E-state index contributed by atoms with van der Waals surface area (Å²) in [6.45, 7) is 5.37. The van der Waals surface area contributed by atoms with Crippen LogP contribution in [0.15, 0.2) is 53.4 Å². The number of rotatable bonds is 5.